The Morgan fingerprint density at radius 2 is 2.07 bits per heavy atom. The molecular weight excluding hydrogens is 344 g/mol. The smallest absolute Gasteiger partial charge is 0.221 e. The maximum Gasteiger partial charge on any atom is 0.221 e. The van der Waals surface area contributed by atoms with Gasteiger partial charge >= 0.3 is 0 Å². The summed E-state index contributed by atoms with van der Waals surface area (Å²) in [4.78, 5) is 15.9. The number of carbonyl (C=O) groups is 1. The number of aliphatic imine (C=N–C) groups is 1. The molecule has 1 aromatic rings. The maximum atomic E-state index is 11.7. The molecule has 0 saturated heterocycles. The number of amides is 1. The highest BCUT2D eigenvalue weighted by atomic mass is 16.5. The number of guanidine groups is 1. The van der Waals surface area contributed by atoms with Crippen molar-refractivity contribution in [2.75, 3.05) is 26.7 Å². The lowest BCUT2D eigenvalue weighted by atomic mass is 10.1. The lowest BCUT2D eigenvalue weighted by molar-refractivity contribution is -0.120. The number of rotatable bonds is 9. The summed E-state index contributed by atoms with van der Waals surface area (Å²) in [6.45, 7) is 8.49. The van der Waals surface area contributed by atoms with Crippen molar-refractivity contribution in [2.24, 2.45) is 4.99 Å². The van der Waals surface area contributed by atoms with Crippen molar-refractivity contribution < 1.29 is 14.3 Å². The van der Waals surface area contributed by atoms with Gasteiger partial charge in [0.15, 0.2) is 5.96 Å². The fraction of sp³-hybridized carbons (Fsp3) is 0.600. The van der Waals surface area contributed by atoms with E-state index in [0.717, 1.165) is 29.9 Å². The highest BCUT2D eigenvalue weighted by Gasteiger charge is 2.21. The van der Waals surface area contributed by atoms with Crippen LogP contribution < -0.4 is 25.4 Å². The van der Waals surface area contributed by atoms with Gasteiger partial charge < -0.3 is 25.4 Å². The molecule has 7 heteroatoms. The lowest BCUT2D eigenvalue weighted by Crippen LogP contribution is -2.39. The summed E-state index contributed by atoms with van der Waals surface area (Å²) >= 11 is 0. The third-order valence-corrected chi connectivity index (χ3v) is 4.27. The molecule has 0 bridgehead atoms. The Balaban J connectivity index is 1.90. The SMILES string of the molecule is CCCNC(=O)CCNC(=NC)NCc1cc2c(cc1OCC)CC(C)O2. The molecule has 0 spiro atoms. The average Bonchev–Trinajstić information content (AvgIpc) is 3.01. The van der Waals surface area contributed by atoms with Crippen molar-refractivity contribution >= 4 is 11.9 Å². The Labute approximate surface area is 161 Å². The standard InChI is InChI=1S/C20H32N4O3/c1-5-8-22-19(25)7-9-23-20(21-4)24-13-16-12-18-15(10-14(3)27-18)11-17(16)26-6-2/h11-12,14H,5-10,13H2,1-4H3,(H,22,25)(H2,21,23,24). The molecule has 0 fully saturated rings. The predicted molar refractivity (Wildman–Crippen MR) is 108 cm³/mol. The largest absolute Gasteiger partial charge is 0.494 e. The second-order valence-electron chi connectivity index (χ2n) is 6.59. The molecule has 1 atom stereocenters. The first-order chi connectivity index (χ1) is 13.1. The van der Waals surface area contributed by atoms with Gasteiger partial charge in [-0.2, -0.15) is 0 Å². The number of nitrogens with one attached hydrogen (secondary N) is 3. The summed E-state index contributed by atoms with van der Waals surface area (Å²) in [6.07, 6.45) is 2.46. The van der Waals surface area contributed by atoms with E-state index in [4.69, 9.17) is 9.47 Å². The van der Waals surface area contributed by atoms with Crippen molar-refractivity contribution in [3.05, 3.63) is 23.3 Å². The number of hydrogen-bond acceptors (Lipinski definition) is 4. The van der Waals surface area contributed by atoms with Crippen molar-refractivity contribution in [3.63, 3.8) is 0 Å². The van der Waals surface area contributed by atoms with Crippen molar-refractivity contribution in [2.45, 2.75) is 52.7 Å². The number of benzene rings is 1. The van der Waals surface area contributed by atoms with Crippen LogP contribution >= 0.6 is 0 Å². The first-order valence-corrected chi connectivity index (χ1v) is 9.73. The van der Waals surface area contributed by atoms with Crippen LogP contribution in [0, 0.1) is 0 Å². The molecule has 150 valence electrons. The fourth-order valence-corrected chi connectivity index (χ4v) is 2.96. The lowest BCUT2D eigenvalue weighted by Gasteiger charge is -2.15. The van der Waals surface area contributed by atoms with E-state index in [0.29, 0.717) is 38.6 Å². The van der Waals surface area contributed by atoms with Gasteiger partial charge in [0.05, 0.1) is 6.61 Å². The van der Waals surface area contributed by atoms with Gasteiger partial charge in [-0.15, -0.1) is 0 Å². The third kappa shape index (κ3) is 6.34. The fourth-order valence-electron chi connectivity index (χ4n) is 2.96. The molecule has 1 amide bonds. The summed E-state index contributed by atoms with van der Waals surface area (Å²) in [5, 5.41) is 9.30. The van der Waals surface area contributed by atoms with Crippen LogP contribution in [-0.4, -0.2) is 44.7 Å². The van der Waals surface area contributed by atoms with Crippen LogP contribution in [0.1, 0.15) is 44.7 Å². The van der Waals surface area contributed by atoms with Crippen LogP contribution in [0.2, 0.25) is 0 Å². The molecule has 1 aliphatic heterocycles. The molecule has 1 unspecified atom stereocenters. The Hall–Kier alpha value is -2.44. The third-order valence-electron chi connectivity index (χ3n) is 4.27. The summed E-state index contributed by atoms with van der Waals surface area (Å²) in [5.41, 5.74) is 2.21. The molecule has 2 rings (SSSR count). The summed E-state index contributed by atoms with van der Waals surface area (Å²) in [5.74, 6) is 2.49. The number of hydrogen-bond donors (Lipinski definition) is 3. The van der Waals surface area contributed by atoms with Crippen molar-refractivity contribution in [3.8, 4) is 11.5 Å². The molecule has 1 aromatic carbocycles. The van der Waals surface area contributed by atoms with Crippen LogP contribution in [0.3, 0.4) is 0 Å². The first kappa shape index (κ1) is 20.9. The van der Waals surface area contributed by atoms with Crippen molar-refractivity contribution in [1.82, 2.24) is 16.0 Å². The van der Waals surface area contributed by atoms with E-state index in [9.17, 15) is 4.79 Å². The van der Waals surface area contributed by atoms with E-state index >= 15 is 0 Å². The minimum absolute atomic E-state index is 0.0447. The van der Waals surface area contributed by atoms with E-state index in [2.05, 4.69) is 33.9 Å². The second kappa shape index (κ2) is 10.6. The zero-order valence-corrected chi connectivity index (χ0v) is 16.9. The molecule has 1 heterocycles. The van der Waals surface area contributed by atoms with Gasteiger partial charge in [-0.3, -0.25) is 9.79 Å². The monoisotopic (exact) mass is 376 g/mol. The molecule has 3 N–H and O–H groups in total. The zero-order valence-electron chi connectivity index (χ0n) is 16.9. The highest BCUT2D eigenvalue weighted by Crippen LogP contribution is 2.35. The molecule has 27 heavy (non-hydrogen) atoms. The summed E-state index contributed by atoms with van der Waals surface area (Å²) < 4.78 is 11.7. The number of nitrogens with zero attached hydrogens (tertiary/aromatic N) is 1. The molecule has 0 aromatic heterocycles. The predicted octanol–water partition coefficient (Wildman–Crippen LogP) is 1.99. The Morgan fingerprint density at radius 1 is 1.26 bits per heavy atom. The van der Waals surface area contributed by atoms with Gasteiger partial charge in [0.1, 0.15) is 17.6 Å². The average molecular weight is 377 g/mol. The normalized spacial score (nSPS) is 15.7. The summed E-state index contributed by atoms with van der Waals surface area (Å²) in [6, 6.07) is 4.12. The minimum atomic E-state index is 0.0447. The van der Waals surface area contributed by atoms with Gasteiger partial charge in [0, 0.05) is 50.7 Å². The molecule has 0 saturated carbocycles. The Kier molecular flexibility index (Phi) is 8.23. The molecular formula is C20H32N4O3. The highest BCUT2D eigenvalue weighted by molar-refractivity contribution is 5.81. The van der Waals surface area contributed by atoms with Crippen LogP contribution in [0.15, 0.2) is 17.1 Å². The molecule has 7 nitrogen and oxygen atoms in total. The van der Waals surface area contributed by atoms with Gasteiger partial charge in [0.2, 0.25) is 5.91 Å². The Bertz CT molecular complexity index is 661. The summed E-state index contributed by atoms with van der Waals surface area (Å²) in [7, 11) is 1.71. The van der Waals surface area contributed by atoms with Crippen LogP contribution in [-0.2, 0) is 17.8 Å². The second-order valence-corrected chi connectivity index (χ2v) is 6.59. The maximum absolute atomic E-state index is 11.7. The van der Waals surface area contributed by atoms with Crippen molar-refractivity contribution in [1.29, 1.82) is 0 Å². The van der Waals surface area contributed by atoms with E-state index in [-0.39, 0.29) is 12.0 Å². The number of fused-ring (bicyclic) bond motifs is 1. The van der Waals surface area contributed by atoms with E-state index in [1.165, 1.54) is 5.56 Å². The van der Waals surface area contributed by atoms with Gasteiger partial charge in [0.25, 0.3) is 0 Å². The van der Waals surface area contributed by atoms with E-state index in [1.807, 2.05) is 19.9 Å². The quantitative estimate of drug-likeness (QED) is 0.453. The minimum Gasteiger partial charge on any atom is -0.494 e. The van der Waals surface area contributed by atoms with Crippen LogP contribution in [0.25, 0.3) is 0 Å². The Morgan fingerprint density at radius 3 is 2.78 bits per heavy atom. The number of carbonyl (C=O) groups excluding carboxylic acids is 1. The van der Waals surface area contributed by atoms with Gasteiger partial charge in [-0.25, -0.2) is 0 Å². The topological polar surface area (TPSA) is 84.0 Å². The van der Waals surface area contributed by atoms with Gasteiger partial charge in [-0.1, -0.05) is 6.92 Å². The zero-order chi connectivity index (χ0) is 19.6. The molecule has 1 aliphatic rings. The van der Waals surface area contributed by atoms with Crippen LogP contribution in [0.4, 0.5) is 0 Å². The number of ether oxygens (including phenoxy) is 2. The van der Waals surface area contributed by atoms with Gasteiger partial charge in [-0.05, 0) is 32.4 Å². The first-order valence-electron chi connectivity index (χ1n) is 9.73. The molecule has 0 aliphatic carbocycles. The van der Waals surface area contributed by atoms with Crippen LogP contribution in [0.5, 0.6) is 11.5 Å². The van der Waals surface area contributed by atoms with E-state index in [1.54, 1.807) is 7.05 Å². The van der Waals surface area contributed by atoms with E-state index < -0.39 is 0 Å². The molecule has 0 radical (unpaired) electrons.